The fourth-order valence-electron chi connectivity index (χ4n) is 1.53. The Morgan fingerprint density at radius 2 is 2.13 bits per heavy atom. The molecule has 0 aliphatic heterocycles. The van der Waals surface area contributed by atoms with Crippen molar-refractivity contribution in [2.45, 2.75) is 26.4 Å². The molecule has 0 aliphatic carbocycles. The van der Waals surface area contributed by atoms with Gasteiger partial charge in [-0.2, -0.15) is 0 Å². The molecule has 0 bridgehead atoms. The van der Waals surface area contributed by atoms with Crippen LogP contribution < -0.4 is 11.0 Å². The molecule has 4 nitrogen and oxygen atoms in total. The third-order valence-corrected chi connectivity index (χ3v) is 2.20. The molecule has 1 rings (SSSR count). The van der Waals surface area contributed by atoms with Crippen molar-refractivity contribution < 1.29 is 0 Å². The van der Waals surface area contributed by atoms with Crippen molar-refractivity contribution in [1.29, 1.82) is 0 Å². The van der Waals surface area contributed by atoms with E-state index >= 15 is 0 Å². The van der Waals surface area contributed by atoms with Crippen LogP contribution in [0.5, 0.6) is 0 Å². The van der Waals surface area contributed by atoms with Gasteiger partial charge in [-0.25, -0.2) is 4.79 Å². The number of aromatic nitrogens is 2. The van der Waals surface area contributed by atoms with Gasteiger partial charge in [0.15, 0.2) is 0 Å². The summed E-state index contributed by atoms with van der Waals surface area (Å²) >= 11 is 0. The maximum absolute atomic E-state index is 11.8. The molecule has 0 saturated heterocycles. The monoisotopic (exact) mass is 209 g/mol. The van der Waals surface area contributed by atoms with Gasteiger partial charge in [0.1, 0.15) is 0 Å². The lowest BCUT2D eigenvalue weighted by Gasteiger charge is -2.04. The van der Waals surface area contributed by atoms with Crippen LogP contribution in [0, 0.1) is 0 Å². The third-order valence-electron chi connectivity index (χ3n) is 2.20. The maximum atomic E-state index is 11.8. The van der Waals surface area contributed by atoms with Crippen molar-refractivity contribution in [2.75, 3.05) is 13.6 Å². The number of likely N-dealkylation sites (N-methyl/N-ethyl adjacent to an activating group) is 1. The van der Waals surface area contributed by atoms with Gasteiger partial charge >= 0.3 is 5.69 Å². The van der Waals surface area contributed by atoms with Crippen molar-refractivity contribution in [3.05, 3.63) is 35.0 Å². The van der Waals surface area contributed by atoms with Gasteiger partial charge < -0.3 is 5.32 Å². The lowest BCUT2D eigenvalue weighted by Crippen LogP contribution is -2.26. The van der Waals surface area contributed by atoms with E-state index in [1.54, 1.807) is 9.13 Å². The summed E-state index contributed by atoms with van der Waals surface area (Å²) in [5, 5.41) is 3.02. The van der Waals surface area contributed by atoms with Crippen molar-refractivity contribution in [2.24, 2.45) is 0 Å². The molecule has 0 saturated carbocycles. The predicted molar refractivity (Wildman–Crippen MR) is 62.0 cm³/mol. The van der Waals surface area contributed by atoms with Crippen LogP contribution in [0.4, 0.5) is 0 Å². The molecule has 84 valence electrons. The average Bonchev–Trinajstić information content (AvgIpc) is 2.51. The number of rotatable bonds is 6. The normalized spacial score (nSPS) is 10.5. The standard InChI is InChI=1S/C11H19N3O/c1-4-5-13-6-7-14(11(13)15)9-10(2)8-12-3/h6-7,12H,2,4-5,8-9H2,1,3H3. The van der Waals surface area contributed by atoms with Crippen molar-refractivity contribution in [1.82, 2.24) is 14.5 Å². The topological polar surface area (TPSA) is 39.0 Å². The smallest absolute Gasteiger partial charge is 0.316 e. The van der Waals surface area contributed by atoms with Crippen LogP contribution in [0.15, 0.2) is 29.3 Å². The number of nitrogens with zero attached hydrogens (tertiary/aromatic N) is 2. The highest BCUT2D eigenvalue weighted by atomic mass is 16.1. The van der Waals surface area contributed by atoms with E-state index in [1.165, 1.54) is 0 Å². The number of nitrogens with one attached hydrogen (secondary N) is 1. The van der Waals surface area contributed by atoms with Crippen LogP contribution in [0.3, 0.4) is 0 Å². The van der Waals surface area contributed by atoms with E-state index in [0.29, 0.717) is 6.54 Å². The molecular weight excluding hydrogens is 190 g/mol. The fraction of sp³-hybridized carbons (Fsp3) is 0.545. The lowest BCUT2D eigenvalue weighted by atomic mass is 10.3. The Hall–Kier alpha value is -1.29. The molecule has 4 heteroatoms. The van der Waals surface area contributed by atoms with Gasteiger partial charge in [-0.15, -0.1) is 0 Å². The number of imidazole rings is 1. The Labute approximate surface area is 90.2 Å². The summed E-state index contributed by atoms with van der Waals surface area (Å²) < 4.78 is 3.42. The molecule has 0 spiro atoms. The van der Waals surface area contributed by atoms with E-state index in [-0.39, 0.29) is 5.69 Å². The summed E-state index contributed by atoms with van der Waals surface area (Å²) in [6.45, 7) is 8.08. The van der Waals surface area contributed by atoms with Crippen LogP contribution in [-0.2, 0) is 13.1 Å². The molecule has 0 radical (unpaired) electrons. The summed E-state index contributed by atoms with van der Waals surface area (Å²) in [6.07, 6.45) is 4.62. The molecule has 1 aromatic rings. The first-order chi connectivity index (χ1) is 7.19. The summed E-state index contributed by atoms with van der Waals surface area (Å²) in [6, 6.07) is 0. The minimum atomic E-state index is 0.0501. The molecule has 1 N–H and O–H groups in total. The maximum Gasteiger partial charge on any atom is 0.328 e. The number of aryl methyl sites for hydroxylation is 1. The van der Waals surface area contributed by atoms with Gasteiger partial charge in [0, 0.05) is 32.0 Å². The van der Waals surface area contributed by atoms with E-state index < -0.39 is 0 Å². The zero-order chi connectivity index (χ0) is 11.3. The van der Waals surface area contributed by atoms with E-state index in [4.69, 9.17) is 0 Å². The summed E-state index contributed by atoms with van der Waals surface area (Å²) in [5.41, 5.74) is 1.06. The number of hydrogen-bond acceptors (Lipinski definition) is 2. The lowest BCUT2D eigenvalue weighted by molar-refractivity contribution is 0.617. The minimum absolute atomic E-state index is 0.0501. The van der Waals surface area contributed by atoms with Gasteiger partial charge in [-0.3, -0.25) is 9.13 Å². The van der Waals surface area contributed by atoms with Crippen molar-refractivity contribution >= 4 is 0 Å². The van der Waals surface area contributed by atoms with Gasteiger partial charge in [0.2, 0.25) is 0 Å². The summed E-state index contributed by atoms with van der Waals surface area (Å²) in [4.78, 5) is 11.8. The molecule has 0 aliphatic rings. The van der Waals surface area contributed by atoms with Gasteiger partial charge in [-0.05, 0) is 19.0 Å². The molecule has 0 unspecified atom stereocenters. The first-order valence-electron chi connectivity index (χ1n) is 5.25. The Morgan fingerprint density at radius 1 is 1.47 bits per heavy atom. The van der Waals surface area contributed by atoms with E-state index in [0.717, 1.165) is 25.1 Å². The van der Waals surface area contributed by atoms with E-state index in [2.05, 4.69) is 18.8 Å². The molecule has 1 aromatic heterocycles. The Balaban J connectivity index is 2.70. The molecule has 0 fully saturated rings. The molecular formula is C11H19N3O. The molecule has 0 atom stereocenters. The highest BCUT2D eigenvalue weighted by molar-refractivity contribution is 4.98. The van der Waals surface area contributed by atoms with Gasteiger partial charge in [0.05, 0.1) is 0 Å². The first kappa shape index (κ1) is 11.8. The second-order valence-corrected chi connectivity index (χ2v) is 3.68. The Bertz CT molecular complexity index is 375. The predicted octanol–water partition coefficient (Wildman–Crippen LogP) is 0.835. The molecule has 15 heavy (non-hydrogen) atoms. The first-order valence-corrected chi connectivity index (χ1v) is 5.25. The van der Waals surface area contributed by atoms with Gasteiger partial charge in [0.25, 0.3) is 0 Å². The third kappa shape index (κ3) is 3.09. The number of hydrogen-bond donors (Lipinski definition) is 1. The van der Waals surface area contributed by atoms with Crippen LogP contribution >= 0.6 is 0 Å². The van der Waals surface area contributed by atoms with Crippen LogP contribution in [0.25, 0.3) is 0 Å². The van der Waals surface area contributed by atoms with Crippen LogP contribution in [-0.4, -0.2) is 22.7 Å². The second-order valence-electron chi connectivity index (χ2n) is 3.68. The SMILES string of the molecule is C=C(CNC)Cn1ccn(CCC)c1=O. The van der Waals surface area contributed by atoms with Crippen molar-refractivity contribution in [3.8, 4) is 0 Å². The highest BCUT2D eigenvalue weighted by Crippen LogP contribution is 1.94. The zero-order valence-electron chi connectivity index (χ0n) is 9.49. The van der Waals surface area contributed by atoms with Gasteiger partial charge in [-0.1, -0.05) is 13.5 Å². The highest BCUT2D eigenvalue weighted by Gasteiger charge is 2.02. The van der Waals surface area contributed by atoms with E-state index in [9.17, 15) is 4.79 Å². The quantitative estimate of drug-likeness (QED) is 0.705. The van der Waals surface area contributed by atoms with E-state index in [1.807, 2.05) is 19.4 Å². The summed E-state index contributed by atoms with van der Waals surface area (Å²) in [5.74, 6) is 0. The molecule has 0 amide bonds. The largest absolute Gasteiger partial charge is 0.328 e. The molecule has 0 aromatic carbocycles. The average molecular weight is 209 g/mol. The minimum Gasteiger partial charge on any atom is -0.316 e. The zero-order valence-corrected chi connectivity index (χ0v) is 9.49. The van der Waals surface area contributed by atoms with Crippen molar-refractivity contribution in [3.63, 3.8) is 0 Å². The molecule has 1 heterocycles. The summed E-state index contributed by atoms with van der Waals surface area (Å²) in [7, 11) is 1.87. The van der Waals surface area contributed by atoms with Crippen LogP contribution in [0.2, 0.25) is 0 Å². The Morgan fingerprint density at radius 3 is 2.73 bits per heavy atom. The fourth-order valence-corrected chi connectivity index (χ4v) is 1.53. The Kier molecular flexibility index (Phi) is 4.37. The van der Waals surface area contributed by atoms with Crippen LogP contribution in [0.1, 0.15) is 13.3 Å². The second kappa shape index (κ2) is 5.56.